The van der Waals surface area contributed by atoms with E-state index in [-0.39, 0.29) is 5.91 Å². The number of hydrogen-bond donors (Lipinski definition) is 3. The molecule has 0 aromatic heterocycles. The highest BCUT2D eigenvalue weighted by Gasteiger charge is 2.15. The van der Waals surface area contributed by atoms with Crippen LogP contribution in [-0.4, -0.2) is 31.8 Å². The first-order valence-corrected chi connectivity index (χ1v) is 6.73. The van der Waals surface area contributed by atoms with E-state index in [9.17, 15) is 4.79 Å². The van der Waals surface area contributed by atoms with Crippen LogP contribution >= 0.6 is 11.8 Å². The van der Waals surface area contributed by atoms with Crippen LogP contribution in [0, 0.1) is 0 Å². The molecule has 92 valence electrons. The van der Waals surface area contributed by atoms with Gasteiger partial charge in [-0.15, -0.1) is 11.8 Å². The molecule has 5 heteroatoms. The number of benzene rings is 1. The Morgan fingerprint density at radius 2 is 2.29 bits per heavy atom. The Hall–Kier alpha value is -1.20. The largest absolute Gasteiger partial charge is 0.385 e. The molecule has 0 saturated carbocycles. The maximum absolute atomic E-state index is 11.3. The number of carbonyl (C=O) groups excluding carboxylic acids is 1. The fourth-order valence-electron chi connectivity index (χ4n) is 1.69. The molecule has 1 aromatic carbocycles. The molecule has 1 amide bonds. The van der Waals surface area contributed by atoms with Crippen molar-refractivity contribution >= 4 is 29.0 Å². The Morgan fingerprint density at radius 3 is 3.12 bits per heavy atom. The van der Waals surface area contributed by atoms with Crippen LogP contribution in [0.25, 0.3) is 0 Å². The number of anilines is 2. The van der Waals surface area contributed by atoms with Crippen molar-refractivity contribution in [3.8, 4) is 0 Å². The second kappa shape index (κ2) is 5.93. The molecule has 0 fully saturated rings. The highest BCUT2D eigenvalue weighted by atomic mass is 32.2. The average Bonchev–Trinajstić information content (AvgIpc) is 2.34. The Balaban J connectivity index is 1.95. The lowest BCUT2D eigenvalue weighted by Crippen LogP contribution is -2.19. The number of amides is 1. The second-order valence-electron chi connectivity index (χ2n) is 3.93. The molecule has 0 aliphatic carbocycles. The Bertz CT molecular complexity index is 409. The molecule has 0 saturated heterocycles. The van der Waals surface area contributed by atoms with Gasteiger partial charge in [0.25, 0.3) is 0 Å². The number of hydrogen-bond acceptors (Lipinski definition) is 4. The molecular formula is C12H17N3OS. The van der Waals surface area contributed by atoms with Gasteiger partial charge in [-0.2, -0.15) is 0 Å². The molecule has 4 nitrogen and oxygen atoms in total. The molecule has 17 heavy (non-hydrogen) atoms. The van der Waals surface area contributed by atoms with Crippen molar-refractivity contribution in [3.05, 3.63) is 18.2 Å². The molecule has 0 spiro atoms. The third-order valence-corrected chi connectivity index (χ3v) is 3.62. The van der Waals surface area contributed by atoms with Crippen LogP contribution in [0.5, 0.6) is 0 Å². The van der Waals surface area contributed by atoms with Gasteiger partial charge in [-0.25, -0.2) is 0 Å². The van der Waals surface area contributed by atoms with E-state index in [1.165, 1.54) is 0 Å². The molecule has 1 heterocycles. The topological polar surface area (TPSA) is 53.2 Å². The lowest BCUT2D eigenvalue weighted by atomic mass is 10.2. The summed E-state index contributed by atoms with van der Waals surface area (Å²) in [5.74, 6) is 0.594. The first-order valence-electron chi connectivity index (χ1n) is 5.75. The normalized spacial score (nSPS) is 14.1. The van der Waals surface area contributed by atoms with Crippen LogP contribution < -0.4 is 16.0 Å². The summed E-state index contributed by atoms with van der Waals surface area (Å²) in [6.45, 7) is 1.94. The van der Waals surface area contributed by atoms with Crippen LogP contribution in [0.3, 0.4) is 0 Å². The van der Waals surface area contributed by atoms with Crippen LogP contribution in [0.4, 0.5) is 11.4 Å². The van der Waals surface area contributed by atoms with Crippen LogP contribution in [-0.2, 0) is 4.79 Å². The van der Waals surface area contributed by atoms with Crippen molar-refractivity contribution in [1.29, 1.82) is 0 Å². The monoisotopic (exact) mass is 251 g/mol. The van der Waals surface area contributed by atoms with Gasteiger partial charge in [0.15, 0.2) is 0 Å². The van der Waals surface area contributed by atoms with E-state index in [4.69, 9.17) is 0 Å². The van der Waals surface area contributed by atoms with Crippen molar-refractivity contribution in [3.63, 3.8) is 0 Å². The molecule has 3 N–H and O–H groups in total. The molecule has 2 rings (SSSR count). The van der Waals surface area contributed by atoms with Gasteiger partial charge >= 0.3 is 0 Å². The minimum Gasteiger partial charge on any atom is -0.385 e. The zero-order chi connectivity index (χ0) is 12.1. The summed E-state index contributed by atoms with van der Waals surface area (Å²) in [6.07, 6.45) is 1.08. The summed E-state index contributed by atoms with van der Waals surface area (Å²) in [6, 6.07) is 6.11. The van der Waals surface area contributed by atoms with E-state index in [2.05, 4.69) is 28.1 Å². The fourth-order valence-corrected chi connectivity index (χ4v) is 2.48. The van der Waals surface area contributed by atoms with Gasteiger partial charge in [-0.05, 0) is 38.2 Å². The minimum atomic E-state index is 0.0785. The molecule has 0 bridgehead atoms. The molecule has 1 aliphatic rings. The highest BCUT2D eigenvalue weighted by molar-refractivity contribution is 8.00. The highest BCUT2D eigenvalue weighted by Crippen LogP contribution is 2.33. The zero-order valence-corrected chi connectivity index (χ0v) is 10.7. The predicted octanol–water partition coefficient (Wildman–Crippen LogP) is 1.75. The van der Waals surface area contributed by atoms with Crippen molar-refractivity contribution in [2.45, 2.75) is 11.3 Å². The fraction of sp³-hybridized carbons (Fsp3) is 0.417. The van der Waals surface area contributed by atoms with Crippen molar-refractivity contribution in [1.82, 2.24) is 5.32 Å². The SMILES string of the molecule is CNCCCNc1ccc2c(c1)NC(=O)CS2. The summed E-state index contributed by atoms with van der Waals surface area (Å²) >= 11 is 1.59. The van der Waals surface area contributed by atoms with Crippen molar-refractivity contribution < 1.29 is 4.79 Å². The molecule has 0 atom stereocenters. The van der Waals surface area contributed by atoms with Gasteiger partial charge < -0.3 is 16.0 Å². The molecule has 0 radical (unpaired) electrons. The summed E-state index contributed by atoms with van der Waals surface area (Å²) in [7, 11) is 1.95. The Kier molecular flexibility index (Phi) is 4.28. The molecule has 1 aromatic rings. The first kappa shape index (κ1) is 12.3. The van der Waals surface area contributed by atoms with Crippen molar-refractivity contribution in [2.24, 2.45) is 0 Å². The number of thioether (sulfide) groups is 1. The maximum atomic E-state index is 11.3. The van der Waals surface area contributed by atoms with Gasteiger partial charge in [0.05, 0.1) is 11.4 Å². The quantitative estimate of drug-likeness (QED) is 0.698. The minimum absolute atomic E-state index is 0.0785. The Labute approximate surface area is 106 Å². The molecular weight excluding hydrogens is 234 g/mol. The van der Waals surface area contributed by atoms with Gasteiger partial charge in [-0.1, -0.05) is 0 Å². The second-order valence-corrected chi connectivity index (χ2v) is 4.95. The number of fused-ring (bicyclic) bond motifs is 1. The van der Waals surface area contributed by atoms with Gasteiger partial charge in [0, 0.05) is 17.1 Å². The van der Waals surface area contributed by atoms with Crippen LogP contribution in [0.1, 0.15) is 6.42 Å². The van der Waals surface area contributed by atoms with Crippen molar-refractivity contribution in [2.75, 3.05) is 36.5 Å². The first-order chi connectivity index (χ1) is 8.29. The lowest BCUT2D eigenvalue weighted by molar-refractivity contribution is -0.113. The molecule has 0 unspecified atom stereocenters. The van der Waals surface area contributed by atoms with Gasteiger partial charge in [-0.3, -0.25) is 4.79 Å². The van der Waals surface area contributed by atoms with Crippen LogP contribution in [0.2, 0.25) is 0 Å². The molecule has 1 aliphatic heterocycles. The third-order valence-electron chi connectivity index (χ3n) is 2.55. The summed E-state index contributed by atoms with van der Waals surface area (Å²) in [5.41, 5.74) is 1.98. The number of carbonyl (C=O) groups is 1. The number of rotatable bonds is 5. The van der Waals surface area contributed by atoms with Crippen LogP contribution in [0.15, 0.2) is 23.1 Å². The predicted molar refractivity (Wildman–Crippen MR) is 72.8 cm³/mol. The van der Waals surface area contributed by atoms with Gasteiger partial charge in [0.2, 0.25) is 5.91 Å². The van der Waals surface area contributed by atoms with E-state index < -0.39 is 0 Å². The Morgan fingerprint density at radius 1 is 1.41 bits per heavy atom. The zero-order valence-electron chi connectivity index (χ0n) is 9.88. The van der Waals surface area contributed by atoms with Gasteiger partial charge in [0.1, 0.15) is 0 Å². The maximum Gasteiger partial charge on any atom is 0.234 e. The van der Waals surface area contributed by atoms with E-state index in [0.29, 0.717) is 5.75 Å². The standard InChI is InChI=1S/C12H17N3OS/c1-13-5-2-6-14-9-3-4-11-10(7-9)15-12(16)8-17-11/h3-4,7,13-14H,2,5-6,8H2,1H3,(H,15,16). The summed E-state index contributed by atoms with van der Waals surface area (Å²) in [5, 5.41) is 9.34. The van der Waals surface area contributed by atoms with E-state index in [1.807, 2.05) is 13.1 Å². The van der Waals surface area contributed by atoms with E-state index in [0.717, 1.165) is 35.8 Å². The average molecular weight is 251 g/mol. The summed E-state index contributed by atoms with van der Waals surface area (Å²) < 4.78 is 0. The number of nitrogens with one attached hydrogen (secondary N) is 3. The third kappa shape index (κ3) is 3.38. The van der Waals surface area contributed by atoms with E-state index in [1.54, 1.807) is 11.8 Å². The van der Waals surface area contributed by atoms with E-state index >= 15 is 0 Å². The summed E-state index contributed by atoms with van der Waals surface area (Å²) in [4.78, 5) is 12.4. The smallest absolute Gasteiger partial charge is 0.234 e. The lowest BCUT2D eigenvalue weighted by Gasteiger charge is -2.17.